The van der Waals surface area contributed by atoms with Crippen molar-refractivity contribution in [3.63, 3.8) is 0 Å². The van der Waals surface area contributed by atoms with Gasteiger partial charge in [-0.05, 0) is 19.6 Å². The fourth-order valence-electron chi connectivity index (χ4n) is 1.24. The number of anilines is 1. The summed E-state index contributed by atoms with van der Waals surface area (Å²) in [5, 5.41) is 4.32. The van der Waals surface area contributed by atoms with Crippen LogP contribution in [0.3, 0.4) is 0 Å². The molecule has 2 rings (SSSR count). The first-order valence-electron chi connectivity index (χ1n) is 6.57. The Morgan fingerprint density at radius 1 is 1.00 bits per heavy atom. The van der Waals surface area contributed by atoms with Gasteiger partial charge in [-0.1, -0.05) is 35.1 Å². The number of thioether (sulfide) groups is 2. The van der Waals surface area contributed by atoms with Crippen molar-refractivity contribution in [1.29, 1.82) is 0 Å². The largest absolute Gasteiger partial charge is 0.382 e. The molecule has 0 aliphatic rings. The monoisotopic (exact) mass is 396 g/mol. The van der Waals surface area contributed by atoms with Crippen molar-refractivity contribution in [2.75, 3.05) is 31.9 Å². The Balaban J connectivity index is 0.000000421. The highest BCUT2D eigenvalue weighted by Crippen LogP contribution is 2.23. The summed E-state index contributed by atoms with van der Waals surface area (Å²) < 4.78 is 0. The summed E-state index contributed by atoms with van der Waals surface area (Å²) in [4.78, 5) is 22.2. The highest BCUT2D eigenvalue weighted by molar-refractivity contribution is 7.98. The standard InChI is InChI=1S/C7H8N4S.C6H4ClN3S.CH5N/c1-8-5-4-10-7(12-3)11-6(5)9-2;1-8-4-3-9-6(11-2)10-5(4)7;1-2/h4H,2-3H3,(H,9,10,11);3H,2H3;2H2,1H3. The summed E-state index contributed by atoms with van der Waals surface area (Å²) in [5.74, 6) is 0.587. The molecule has 132 valence electrons. The molecule has 0 aliphatic carbocycles. The van der Waals surface area contributed by atoms with Crippen LogP contribution in [0.2, 0.25) is 5.15 Å². The molecule has 0 radical (unpaired) electrons. The Morgan fingerprint density at radius 2 is 1.48 bits per heavy atom. The number of halogens is 1. The van der Waals surface area contributed by atoms with Gasteiger partial charge in [0.25, 0.3) is 0 Å². The lowest BCUT2D eigenvalue weighted by Crippen LogP contribution is -1.94. The number of hydrogen-bond acceptors (Lipinski definition) is 8. The maximum atomic E-state index is 6.81. The third-order valence-corrected chi connectivity index (χ3v) is 3.69. The van der Waals surface area contributed by atoms with E-state index in [1.54, 1.807) is 7.05 Å². The van der Waals surface area contributed by atoms with E-state index in [1.807, 2.05) is 12.5 Å². The molecule has 2 aromatic rings. The number of aromatic nitrogens is 4. The van der Waals surface area contributed by atoms with Gasteiger partial charge >= 0.3 is 0 Å². The molecule has 0 saturated heterocycles. The van der Waals surface area contributed by atoms with Crippen molar-refractivity contribution in [3.8, 4) is 0 Å². The molecule has 0 amide bonds. The van der Waals surface area contributed by atoms with Crippen LogP contribution in [0.25, 0.3) is 9.69 Å². The van der Waals surface area contributed by atoms with Crippen LogP contribution < -0.4 is 11.1 Å². The highest BCUT2D eigenvalue weighted by atomic mass is 35.5. The van der Waals surface area contributed by atoms with Crippen LogP contribution in [0.5, 0.6) is 0 Å². The lowest BCUT2D eigenvalue weighted by atomic mass is 10.5. The molecule has 0 saturated carbocycles. The lowest BCUT2D eigenvalue weighted by molar-refractivity contribution is 0.977. The zero-order chi connectivity index (χ0) is 19.2. The van der Waals surface area contributed by atoms with Crippen molar-refractivity contribution in [2.45, 2.75) is 10.3 Å². The minimum Gasteiger partial charge on any atom is -0.382 e. The van der Waals surface area contributed by atoms with Crippen LogP contribution in [0.4, 0.5) is 17.2 Å². The first-order chi connectivity index (χ1) is 12.1. The van der Waals surface area contributed by atoms with Gasteiger partial charge < -0.3 is 11.1 Å². The Hall–Kier alpha value is -2.11. The number of rotatable bonds is 3. The van der Waals surface area contributed by atoms with Gasteiger partial charge in [-0.2, -0.15) is 0 Å². The summed E-state index contributed by atoms with van der Waals surface area (Å²) >= 11 is 8.48. The predicted octanol–water partition coefficient (Wildman–Crippen LogP) is 3.77. The summed E-state index contributed by atoms with van der Waals surface area (Å²) in [6.07, 6.45) is 6.70. The Labute approximate surface area is 160 Å². The van der Waals surface area contributed by atoms with Gasteiger partial charge in [0.15, 0.2) is 10.3 Å². The molecule has 8 nitrogen and oxygen atoms in total. The average molecular weight is 397 g/mol. The average Bonchev–Trinajstić information content (AvgIpc) is 2.69. The van der Waals surface area contributed by atoms with E-state index in [1.165, 1.54) is 43.0 Å². The van der Waals surface area contributed by atoms with Crippen LogP contribution in [-0.4, -0.2) is 46.5 Å². The normalized spacial score (nSPS) is 8.64. The maximum Gasteiger partial charge on any atom is 0.246 e. The predicted molar refractivity (Wildman–Crippen MR) is 105 cm³/mol. The molecule has 0 aliphatic heterocycles. The zero-order valence-electron chi connectivity index (χ0n) is 14.1. The number of nitrogens with one attached hydrogen (secondary N) is 1. The van der Waals surface area contributed by atoms with E-state index in [9.17, 15) is 0 Å². The van der Waals surface area contributed by atoms with Gasteiger partial charge in [0.1, 0.15) is 11.0 Å². The van der Waals surface area contributed by atoms with Gasteiger partial charge in [-0.15, -0.1) is 0 Å². The van der Waals surface area contributed by atoms with Crippen LogP contribution in [0.15, 0.2) is 22.7 Å². The van der Waals surface area contributed by atoms with Crippen LogP contribution >= 0.6 is 35.1 Å². The van der Waals surface area contributed by atoms with Crippen molar-refractivity contribution in [1.82, 2.24) is 19.9 Å². The quantitative estimate of drug-likeness (QED) is 0.350. The minimum absolute atomic E-state index is 0.222. The van der Waals surface area contributed by atoms with E-state index in [4.69, 9.17) is 24.7 Å². The fourth-order valence-corrected chi connectivity index (χ4v) is 2.14. The molecule has 25 heavy (non-hydrogen) atoms. The Kier molecular flexibility index (Phi) is 12.1. The summed E-state index contributed by atoms with van der Waals surface area (Å²) in [6.45, 7) is 13.5. The van der Waals surface area contributed by atoms with Gasteiger partial charge in [-0.3, -0.25) is 0 Å². The molecule has 0 bridgehead atoms. The summed E-state index contributed by atoms with van der Waals surface area (Å²) in [5.41, 5.74) is 5.25. The van der Waals surface area contributed by atoms with Crippen molar-refractivity contribution < 1.29 is 0 Å². The highest BCUT2D eigenvalue weighted by Gasteiger charge is 2.03. The van der Waals surface area contributed by atoms with E-state index in [2.05, 4.69) is 40.7 Å². The van der Waals surface area contributed by atoms with E-state index in [-0.39, 0.29) is 5.15 Å². The molecule has 0 aromatic carbocycles. The van der Waals surface area contributed by atoms with Gasteiger partial charge in [0.2, 0.25) is 11.4 Å². The Morgan fingerprint density at radius 3 is 1.88 bits per heavy atom. The molecule has 0 unspecified atom stereocenters. The zero-order valence-corrected chi connectivity index (χ0v) is 16.5. The van der Waals surface area contributed by atoms with Gasteiger partial charge in [-0.25, -0.2) is 29.6 Å². The molecular weight excluding hydrogens is 380 g/mol. The van der Waals surface area contributed by atoms with Crippen LogP contribution in [-0.2, 0) is 0 Å². The van der Waals surface area contributed by atoms with Crippen molar-refractivity contribution in [2.24, 2.45) is 5.73 Å². The number of nitrogens with zero attached hydrogens (tertiary/aromatic N) is 6. The van der Waals surface area contributed by atoms with Gasteiger partial charge in [0, 0.05) is 19.4 Å². The van der Waals surface area contributed by atoms with Crippen molar-refractivity contribution >= 4 is 52.3 Å². The second kappa shape index (κ2) is 13.2. The molecule has 3 N–H and O–H groups in total. The second-order valence-corrected chi connectivity index (χ2v) is 5.50. The third kappa shape index (κ3) is 7.54. The number of hydrogen-bond donors (Lipinski definition) is 2. The lowest BCUT2D eigenvalue weighted by Gasteiger charge is -2.02. The second-order valence-electron chi connectivity index (χ2n) is 3.60. The summed E-state index contributed by atoms with van der Waals surface area (Å²) in [7, 11) is 3.24. The molecule has 0 atom stereocenters. The number of nitrogens with two attached hydrogens (primary N) is 1. The van der Waals surface area contributed by atoms with E-state index < -0.39 is 0 Å². The van der Waals surface area contributed by atoms with Crippen LogP contribution in [0.1, 0.15) is 0 Å². The minimum atomic E-state index is 0.222. The molecular formula is C14H17ClN8S2. The van der Waals surface area contributed by atoms with Crippen LogP contribution in [0, 0.1) is 13.1 Å². The van der Waals surface area contributed by atoms with Crippen molar-refractivity contribution in [3.05, 3.63) is 40.4 Å². The third-order valence-electron chi connectivity index (χ3n) is 2.29. The Bertz CT molecular complexity index is 757. The SMILES string of the molecule is CN.[C-]#[N+]c1cnc(SC)nc1Cl.[C-]#[N+]c1cnc(SC)nc1NC. The molecule has 11 heteroatoms. The first-order valence-corrected chi connectivity index (χ1v) is 9.40. The smallest absolute Gasteiger partial charge is 0.246 e. The van der Waals surface area contributed by atoms with E-state index in [0.29, 0.717) is 27.5 Å². The maximum absolute atomic E-state index is 6.81. The molecule has 2 heterocycles. The topological polar surface area (TPSA) is 98.3 Å². The van der Waals surface area contributed by atoms with E-state index >= 15 is 0 Å². The summed E-state index contributed by atoms with van der Waals surface area (Å²) in [6, 6.07) is 0. The molecule has 0 fully saturated rings. The van der Waals surface area contributed by atoms with E-state index in [0.717, 1.165) is 0 Å². The van der Waals surface area contributed by atoms with Gasteiger partial charge in [0.05, 0.1) is 13.1 Å². The molecule has 0 spiro atoms. The fraction of sp³-hybridized carbons (Fsp3) is 0.286. The first kappa shape index (κ1) is 22.9. The molecule has 2 aromatic heterocycles.